The molecule has 0 saturated heterocycles. The molecule has 0 aliphatic carbocycles. The first-order valence-electron chi connectivity index (χ1n) is 9.64. The van der Waals surface area contributed by atoms with Gasteiger partial charge in [0.15, 0.2) is 5.82 Å². The highest BCUT2D eigenvalue weighted by Gasteiger charge is 2.18. The minimum Gasteiger partial charge on any atom is -0.456 e. The van der Waals surface area contributed by atoms with Gasteiger partial charge in [-0.05, 0) is 43.7 Å². The highest BCUT2D eigenvalue weighted by molar-refractivity contribution is 6.12. The lowest BCUT2D eigenvalue weighted by Crippen LogP contribution is -2.00. The summed E-state index contributed by atoms with van der Waals surface area (Å²) in [6.07, 6.45) is 1.80. The van der Waals surface area contributed by atoms with Crippen molar-refractivity contribution in [3.05, 3.63) is 90.1 Å². The summed E-state index contributed by atoms with van der Waals surface area (Å²) in [6.45, 7) is 8.08. The monoisotopic (exact) mass is 376 g/mol. The summed E-state index contributed by atoms with van der Waals surface area (Å²) in [7, 11) is 0. The van der Waals surface area contributed by atoms with Crippen LogP contribution in [0.25, 0.3) is 50.7 Å². The average molecular weight is 376 g/mol. The normalized spacial score (nSPS) is 11.2. The number of fused-ring (bicyclic) bond motifs is 3. The van der Waals surface area contributed by atoms with Gasteiger partial charge >= 0.3 is 0 Å². The third-order valence-corrected chi connectivity index (χ3v) is 5.29. The van der Waals surface area contributed by atoms with Crippen LogP contribution >= 0.6 is 0 Å². The molecule has 0 aliphatic rings. The summed E-state index contributed by atoms with van der Waals surface area (Å²) >= 11 is 0. The van der Waals surface area contributed by atoms with E-state index in [9.17, 15) is 0 Å². The van der Waals surface area contributed by atoms with Crippen molar-refractivity contribution in [1.29, 1.82) is 0 Å². The molecule has 3 aromatic carbocycles. The van der Waals surface area contributed by atoms with Crippen LogP contribution in [0.4, 0.5) is 0 Å². The molecule has 0 fully saturated rings. The van der Waals surface area contributed by atoms with Crippen LogP contribution in [0.15, 0.2) is 77.7 Å². The Kier molecular flexibility index (Phi) is 4.02. The van der Waals surface area contributed by atoms with Crippen molar-refractivity contribution in [3.63, 3.8) is 0 Å². The summed E-state index contributed by atoms with van der Waals surface area (Å²) < 4.78 is 6.11. The van der Waals surface area contributed by atoms with Gasteiger partial charge in [0, 0.05) is 27.5 Å². The van der Waals surface area contributed by atoms with Crippen molar-refractivity contribution in [3.8, 4) is 22.6 Å². The number of aryl methyl sites for hydroxylation is 1. The molecule has 0 bridgehead atoms. The van der Waals surface area contributed by atoms with E-state index in [-0.39, 0.29) is 0 Å². The van der Waals surface area contributed by atoms with E-state index in [1.807, 2.05) is 43.3 Å². The van der Waals surface area contributed by atoms with Crippen molar-refractivity contribution in [1.82, 2.24) is 9.97 Å². The molecule has 2 aromatic heterocycles. The third kappa shape index (κ3) is 2.83. The van der Waals surface area contributed by atoms with E-state index in [1.54, 1.807) is 6.08 Å². The molecular weight excluding hydrogens is 356 g/mol. The molecule has 29 heavy (non-hydrogen) atoms. The number of furan rings is 1. The van der Waals surface area contributed by atoms with Crippen LogP contribution in [0, 0.1) is 13.8 Å². The minimum atomic E-state index is 0.685. The largest absolute Gasteiger partial charge is 0.456 e. The molecule has 0 spiro atoms. The SMILES string of the molecule is C=Cc1nc(-c2cc(C)cc3oc4ccccc4c23)nc(-c2ccccc2)c1C. The fraction of sp³-hybridized carbons (Fsp3) is 0.0769. The summed E-state index contributed by atoms with van der Waals surface area (Å²) in [6, 6.07) is 22.5. The van der Waals surface area contributed by atoms with Crippen molar-refractivity contribution in [2.24, 2.45) is 0 Å². The van der Waals surface area contributed by atoms with Gasteiger partial charge in [0.2, 0.25) is 0 Å². The Labute approximate surface area is 169 Å². The fourth-order valence-corrected chi connectivity index (χ4v) is 3.90. The highest BCUT2D eigenvalue weighted by Crippen LogP contribution is 2.37. The van der Waals surface area contributed by atoms with Crippen molar-refractivity contribution in [2.75, 3.05) is 0 Å². The summed E-state index contributed by atoms with van der Waals surface area (Å²) in [5, 5.41) is 2.12. The van der Waals surface area contributed by atoms with Gasteiger partial charge in [-0.1, -0.05) is 55.1 Å². The number of para-hydroxylation sites is 1. The third-order valence-electron chi connectivity index (χ3n) is 5.29. The van der Waals surface area contributed by atoms with Crippen LogP contribution < -0.4 is 0 Å². The molecule has 0 amide bonds. The van der Waals surface area contributed by atoms with Crippen LogP contribution in [-0.2, 0) is 0 Å². The van der Waals surface area contributed by atoms with E-state index in [0.717, 1.165) is 55.6 Å². The van der Waals surface area contributed by atoms with Gasteiger partial charge in [-0.2, -0.15) is 0 Å². The van der Waals surface area contributed by atoms with Gasteiger partial charge < -0.3 is 4.42 Å². The van der Waals surface area contributed by atoms with E-state index < -0.39 is 0 Å². The van der Waals surface area contributed by atoms with Crippen molar-refractivity contribution < 1.29 is 4.42 Å². The standard InChI is InChI=1S/C26H20N2O/c1-4-21-17(3)25(18-10-6-5-7-11-18)28-26(27-21)20-14-16(2)15-23-24(20)19-12-8-9-13-22(19)29-23/h4-15H,1H2,2-3H3. The maximum atomic E-state index is 6.11. The molecular formula is C26H20N2O. The molecule has 0 unspecified atom stereocenters. The van der Waals surface area contributed by atoms with Gasteiger partial charge in [-0.25, -0.2) is 9.97 Å². The van der Waals surface area contributed by atoms with Crippen LogP contribution in [0.2, 0.25) is 0 Å². The highest BCUT2D eigenvalue weighted by atomic mass is 16.3. The number of rotatable bonds is 3. The lowest BCUT2D eigenvalue weighted by molar-refractivity contribution is 0.668. The summed E-state index contributed by atoms with van der Waals surface area (Å²) in [5.74, 6) is 0.685. The van der Waals surface area contributed by atoms with Crippen LogP contribution in [0.3, 0.4) is 0 Å². The number of benzene rings is 3. The molecule has 140 valence electrons. The smallest absolute Gasteiger partial charge is 0.161 e. The summed E-state index contributed by atoms with van der Waals surface area (Å²) in [5.41, 5.74) is 7.67. The van der Waals surface area contributed by atoms with Crippen LogP contribution in [0.5, 0.6) is 0 Å². The Balaban J connectivity index is 1.87. The van der Waals surface area contributed by atoms with Gasteiger partial charge in [0.1, 0.15) is 11.2 Å². The van der Waals surface area contributed by atoms with E-state index in [2.05, 4.69) is 43.8 Å². The van der Waals surface area contributed by atoms with Crippen LogP contribution in [0.1, 0.15) is 16.8 Å². The Morgan fingerprint density at radius 3 is 2.41 bits per heavy atom. The number of nitrogens with zero attached hydrogens (tertiary/aromatic N) is 2. The minimum absolute atomic E-state index is 0.685. The number of aromatic nitrogens is 2. The molecule has 3 nitrogen and oxygen atoms in total. The van der Waals surface area contributed by atoms with E-state index in [0.29, 0.717) is 5.82 Å². The van der Waals surface area contributed by atoms with Gasteiger partial charge in [-0.15, -0.1) is 0 Å². The molecule has 2 heterocycles. The first-order chi connectivity index (χ1) is 14.2. The Morgan fingerprint density at radius 2 is 1.62 bits per heavy atom. The molecule has 5 aromatic rings. The van der Waals surface area contributed by atoms with Crippen molar-refractivity contribution >= 4 is 28.0 Å². The maximum absolute atomic E-state index is 6.11. The average Bonchev–Trinajstić information content (AvgIpc) is 3.12. The van der Waals surface area contributed by atoms with Crippen LogP contribution in [-0.4, -0.2) is 9.97 Å². The zero-order valence-electron chi connectivity index (χ0n) is 16.4. The lowest BCUT2D eigenvalue weighted by atomic mass is 10.0. The van der Waals surface area contributed by atoms with Crippen molar-refractivity contribution in [2.45, 2.75) is 13.8 Å². The number of hydrogen-bond donors (Lipinski definition) is 0. The fourth-order valence-electron chi connectivity index (χ4n) is 3.90. The van der Waals surface area contributed by atoms with Gasteiger partial charge in [0.05, 0.1) is 11.4 Å². The molecule has 3 heteroatoms. The topological polar surface area (TPSA) is 38.9 Å². The van der Waals surface area contributed by atoms with E-state index in [1.165, 1.54) is 0 Å². The maximum Gasteiger partial charge on any atom is 0.161 e. The first-order valence-corrected chi connectivity index (χ1v) is 9.64. The molecule has 0 saturated carbocycles. The Bertz CT molecular complexity index is 1380. The Morgan fingerprint density at radius 1 is 0.862 bits per heavy atom. The lowest BCUT2D eigenvalue weighted by Gasteiger charge is -2.12. The summed E-state index contributed by atoms with van der Waals surface area (Å²) in [4.78, 5) is 9.85. The molecule has 0 aliphatic heterocycles. The second kappa shape index (κ2) is 6.71. The molecule has 0 N–H and O–H groups in total. The van der Waals surface area contributed by atoms with Gasteiger partial charge in [-0.3, -0.25) is 0 Å². The second-order valence-electron chi connectivity index (χ2n) is 7.26. The zero-order chi connectivity index (χ0) is 20.0. The van der Waals surface area contributed by atoms with Gasteiger partial charge in [0.25, 0.3) is 0 Å². The molecule has 0 radical (unpaired) electrons. The zero-order valence-corrected chi connectivity index (χ0v) is 16.4. The molecule has 5 rings (SSSR count). The predicted molar refractivity (Wildman–Crippen MR) is 120 cm³/mol. The molecule has 0 atom stereocenters. The second-order valence-corrected chi connectivity index (χ2v) is 7.26. The van der Waals surface area contributed by atoms with E-state index >= 15 is 0 Å². The quantitative estimate of drug-likeness (QED) is 0.341. The predicted octanol–water partition coefficient (Wildman–Crippen LogP) is 6.97. The van der Waals surface area contributed by atoms with E-state index in [4.69, 9.17) is 14.4 Å². The number of hydrogen-bond acceptors (Lipinski definition) is 3. The Hall–Kier alpha value is -3.72. The first kappa shape index (κ1) is 17.4.